The van der Waals surface area contributed by atoms with Gasteiger partial charge in [-0.2, -0.15) is 0 Å². The predicted octanol–water partition coefficient (Wildman–Crippen LogP) is 4.76. The summed E-state index contributed by atoms with van der Waals surface area (Å²) in [6.45, 7) is 16.4. The van der Waals surface area contributed by atoms with Gasteiger partial charge in [0, 0.05) is 0 Å². The van der Waals surface area contributed by atoms with Crippen molar-refractivity contribution in [3.63, 3.8) is 0 Å². The average molecular weight is 250 g/mol. The van der Waals surface area contributed by atoms with Crippen LogP contribution in [0, 0.1) is 0 Å². The highest BCUT2D eigenvalue weighted by Crippen LogP contribution is 2.17. The van der Waals surface area contributed by atoms with Gasteiger partial charge in [-0.1, -0.05) is 27.0 Å². The van der Waals surface area contributed by atoms with E-state index in [1.165, 1.54) is 0 Å². The molecule has 0 saturated heterocycles. The molecule has 0 aliphatic rings. The number of ether oxygens (including phenoxy) is 2. The van der Waals surface area contributed by atoms with Crippen molar-refractivity contribution in [1.82, 2.24) is 0 Å². The Kier molecular flexibility index (Phi) is 8.81. The molecule has 18 heavy (non-hydrogen) atoms. The Morgan fingerprint density at radius 2 is 1.83 bits per heavy atom. The van der Waals surface area contributed by atoms with E-state index in [1.54, 1.807) is 12.2 Å². The number of hydrogen-bond acceptors (Lipinski definition) is 2. The zero-order valence-corrected chi connectivity index (χ0v) is 12.2. The van der Waals surface area contributed by atoms with E-state index in [0.717, 1.165) is 29.9 Å². The number of allylic oxidation sites excluding steroid dienone is 4. The second-order valence-electron chi connectivity index (χ2n) is 3.97. The smallest absolute Gasteiger partial charge is 0.121 e. The zero-order valence-electron chi connectivity index (χ0n) is 12.2. The molecular formula is C16H26O2. The van der Waals surface area contributed by atoms with Crippen LogP contribution in [0.4, 0.5) is 0 Å². The lowest BCUT2D eigenvalue weighted by Crippen LogP contribution is -2.05. The zero-order chi connectivity index (χ0) is 14.0. The van der Waals surface area contributed by atoms with Crippen LogP contribution >= 0.6 is 0 Å². The predicted molar refractivity (Wildman–Crippen MR) is 78.3 cm³/mol. The molecule has 0 aliphatic heterocycles. The summed E-state index contributed by atoms with van der Waals surface area (Å²) in [7, 11) is 0. The summed E-state index contributed by atoms with van der Waals surface area (Å²) in [5.41, 5.74) is 1.07. The fraction of sp³-hybridized carbons (Fsp3) is 0.500. The third kappa shape index (κ3) is 5.76. The number of hydrogen-bond donors (Lipinski definition) is 0. The van der Waals surface area contributed by atoms with Gasteiger partial charge in [0.1, 0.15) is 11.5 Å². The van der Waals surface area contributed by atoms with Crippen LogP contribution in [0.15, 0.2) is 48.5 Å². The van der Waals surface area contributed by atoms with Crippen molar-refractivity contribution in [1.29, 1.82) is 0 Å². The first-order chi connectivity index (χ1) is 8.62. The van der Waals surface area contributed by atoms with Gasteiger partial charge in [-0.3, -0.25) is 0 Å². The molecule has 2 heteroatoms. The lowest BCUT2D eigenvalue weighted by molar-refractivity contribution is 0.137. The molecule has 102 valence electrons. The molecule has 0 heterocycles. The summed E-state index contributed by atoms with van der Waals surface area (Å²) >= 11 is 0. The molecular weight excluding hydrogens is 224 g/mol. The van der Waals surface area contributed by atoms with Crippen molar-refractivity contribution in [3.8, 4) is 0 Å². The molecule has 0 aromatic carbocycles. The second kappa shape index (κ2) is 9.58. The first kappa shape index (κ1) is 16.6. The van der Waals surface area contributed by atoms with Crippen LogP contribution in [-0.2, 0) is 9.47 Å². The van der Waals surface area contributed by atoms with E-state index in [-0.39, 0.29) is 6.10 Å². The molecule has 0 fully saturated rings. The van der Waals surface area contributed by atoms with Gasteiger partial charge < -0.3 is 9.47 Å². The van der Waals surface area contributed by atoms with Gasteiger partial charge in [-0.25, -0.2) is 0 Å². The molecule has 0 bridgehead atoms. The van der Waals surface area contributed by atoms with Crippen molar-refractivity contribution in [3.05, 3.63) is 48.5 Å². The quantitative estimate of drug-likeness (QED) is 0.434. The van der Waals surface area contributed by atoms with Gasteiger partial charge in [0.15, 0.2) is 0 Å². The fourth-order valence-electron chi connectivity index (χ4n) is 1.41. The molecule has 1 unspecified atom stereocenters. The highest BCUT2D eigenvalue weighted by atomic mass is 16.5. The van der Waals surface area contributed by atoms with Crippen LogP contribution in [0.25, 0.3) is 0 Å². The Labute approximate surface area is 112 Å². The highest BCUT2D eigenvalue weighted by molar-refractivity contribution is 5.32. The van der Waals surface area contributed by atoms with Crippen molar-refractivity contribution < 1.29 is 9.47 Å². The first-order valence-electron chi connectivity index (χ1n) is 6.61. The minimum absolute atomic E-state index is 0.187. The minimum atomic E-state index is 0.187. The van der Waals surface area contributed by atoms with Crippen molar-refractivity contribution in [2.45, 2.75) is 46.6 Å². The van der Waals surface area contributed by atoms with Crippen LogP contribution in [-0.4, -0.2) is 12.7 Å². The van der Waals surface area contributed by atoms with E-state index in [2.05, 4.69) is 27.0 Å². The first-order valence-corrected chi connectivity index (χ1v) is 6.61. The molecule has 0 aliphatic carbocycles. The fourth-order valence-corrected chi connectivity index (χ4v) is 1.41. The topological polar surface area (TPSA) is 18.5 Å². The molecule has 0 aromatic heterocycles. The summed E-state index contributed by atoms with van der Waals surface area (Å²) < 4.78 is 11.3. The molecule has 0 saturated carbocycles. The molecule has 0 spiro atoms. The van der Waals surface area contributed by atoms with Crippen molar-refractivity contribution >= 4 is 0 Å². The molecule has 0 radical (unpaired) electrons. The Hall–Kier alpha value is -1.44. The lowest BCUT2D eigenvalue weighted by Gasteiger charge is -2.15. The highest BCUT2D eigenvalue weighted by Gasteiger charge is 2.05. The van der Waals surface area contributed by atoms with Crippen LogP contribution in [0.1, 0.15) is 40.5 Å². The molecule has 0 aromatic rings. The normalized spacial score (nSPS) is 14.6. The summed E-state index contributed by atoms with van der Waals surface area (Å²) in [5, 5.41) is 0. The number of rotatable bonds is 9. The van der Waals surface area contributed by atoms with Crippen LogP contribution in [0.3, 0.4) is 0 Å². The van der Waals surface area contributed by atoms with E-state index in [0.29, 0.717) is 6.61 Å². The largest absolute Gasteiger partial charge is 0.494 e. The molecule has 0 N–H and O–H groups in total. The van der Waals surface area contributed by atoms with Crippen LogP contribution < -0.4 is 0 Å². The van der Waals surface area contributed by atoms with Gasteiger partial charge in [0.25, 0.3) is 0 Å². The molecule has 2 nitrogen and oxygen atoms in total. The Balaban J connectivity index is 5.13. The van der Waals surface area contributed by atoms with Crippen molar-refractivity contribution in [2.75, 3.05) is 6.61 Å². The van der Waals surface area contributed by atoms with Gasteiger partial charge in [0.05, 0.1) is 12.7 Å². The lowest BCUT2D eigenvalue weighted by atomic mass is 10.1. The van der Waals surface area contributed by atoms with E-state index in [9.17, 15) is 0 Å². The summed E-state index contributed by atoms with van der Waals surface area (Å²) in [5.74, 6) is 1.59. The molecule has 0 amide bonds. The van der Waals surface area contributed by atoms with E-state index >= 15 is 0 Å². The Morgan fingerprint density at radius 1 is 1.17 bits per heavy atom. The average Bonchev–Trinajstić information content (AvgIpc) is 2.40. The van der Waals surface area contributed by atoms with Crippen LogP contribution in [0.5, 0.6) is 0 Å². The van der Waals surface area contributed by atoms with Gasteiger partial charge >= 0.3 is 0 Å². The standard InChI is InChI=1S/C16H26O2/c1-7-13(6)18-15(9-3)12-14(8-2)16(10-4)17-11-5/h9-10,12-13H,3-4,7-8,11H2,1-2,5-6H3/b15-12+,16-14+. The second-order valence-corrected chi connectivity index (χ2v) is 3.97. The summed E-state index contributed by atoms with van der Waals surface area (Å²) in [6, 6.07) is 0. The Bertz CT molecular complexity index is 324. The maximum Gasteiger partial charge on any atom is 0.121 e. The SMILES string of the molecule is C=C/C(=C\C(CC)=C(/C=C)OCC)OC(C)CC. The minimum Gasteiger partial charge on any atom is -0.494 e. The van der Waals surface area contributed by atoms with E-state index in [4.69, 9.17) is 9.47 Å². The third-order valence-corrected chi connectivity index (χ3v) is 2.61. The van der Waals surface area contributed by atoms with E-state index in [1.807, 2.05) is 19.9 Å². The maximum atomic E-state index is 5.77. The van der Waals surface area contributed by atoms with Crippen LogP contribution in [0.2, 0.25) is 0 Å². The van der Waals surface area contributed by atoms with Gasteiger partial charge in [-0.15, -0.1) is 0 Å². The molecule has 1 atom stereocenters. The van der Waals surface area contributed by atoms with Gasteiger partial charge in [-0.05, 0) is 50.5 Å². The third-order valence-electron chi connectivity index (χ3n) is 2.61. The monoisotopic (exact) mass is 250 g/mol. The Morgan fingerprint density at radius 3 is 2.22 bits per heavy atom. The maximum absolute atomic E-state index is 5.77. The molecule has 0 rings (SSSR count). The summed E-state index contributed by atoms with van der Waals surface area (Å²) in [6.07, 6.45) is 7.47. The van der Waals surface area contributed by atoms with Crippen molar-refractivity contribution in [2.24, 2.45) is 0 Å². The van der Waals surface area contributed by atoms with Gasteiger partial charge in [0.2, 0.25) is 0 Å². The van der Waals surface area contributed by atoms with E-state index < -0.39 is 0 Å². The summed E-state index contributed by atoms with van der Waals surface area (Å²) in [4.78, 5) is 0.